The van der Waals surface area contributed by atoms with Gasteiger partial charge in [0.25, 0.3) is 0 Å². The van der Waals surface area contributed by atoms with Crippen molar-refractivity contribution >= 4 is 0 Å². The summed E-state index contributed by atoms with van der Waals surface area (Å²) < 4.78 is 0. The summed E-state index contributed by atoms with van der Waals surface area (Å²) in [5.41, 5.74) is 5.67. The summed E-state index contributed by atoms with van der Waals surface area (Å²) in [6.07, 6.45) is 16.6. The minimum Gasteiger partial charge on any atom is -0.0804 e. The minimum atomic E-state index is 0.331. The molecule has 0 aromatic rings. The third-order valence-corrected chi connectivity index (χ3v) is 5.06. The fraction of sp³-hybridized carbons (Fsp3) is 0.529. The van der Waals surface area contributed by atoms with E-state index in [1.165, 1.54) is 19.3 Å². The van der Waals surface area contributed by atoms with Crippen LogP contribution in [0.3, 0.4) is 0 Å². The first-order valence-corrected chi connectivity index (χ1v) is 6.81. The van der Waals surface area contributed by atoms with E-state index in [9.17, 15) is 0 Å². The zero-order valence-corrected chi connectivity index (χ0v) is 11.2. The zero-order valence-electron chi connectivity index (χ0n) is 11.2. The van der Waals surface area contributed by atoms with Gasteiger partial charge in [-0.15, -0.1) is 0 Å². The lowest BCUT2D eigenvalue weighted by Gasteiger charge is -2.44. The Morgan fingerprint density at radius 2 is 1.82 bits per heavy atom. The van der Waals surface area contributed by atoms with Crippen LogP contribution in [0.2, 0.25) is 0 Å². The Morgan fingerprint density at radius 1 is 1.00 bits per heavy atom. The summed E-state index contributed by atoms with van der Waals surface area (Å²) in [5, 5.41) is 0. The highest BCUT2D eigenvalue weighted by Gasteiger charge is 2.43. The van der Waals surface area contributed by atoms with Crippen LogP contribution in [-0.4, -0.2) is 0 Å². The Hall–Kier alpha value is -1.04. The van der Waals surface area contributed by atoms with Crippen LogP contribution in [-0.2, 0) is 0 Å². The van der Waals surface area contributed by atoms with E-state index < -0.39 is 0 Å². The second-order valence-electron chi connectivity index (χ2n) is 6.54. The van der Waals surface area contributed by atoms with Gasteiger partial charge >= 0.3 is 0 Å². The Balaban J connectivity index is 2.07. The maximum absolute atomic E-state index is 2.46. The molecule has 0 aromatic heterocycles. The quantitative estimate of drug-likeness (QED) is 0.593. The van der Waals surface area contributed by atoms with Crippen LogP contribution in [0, 0.1) is 10.8 Å². The van der Waals surface area contributed by atoms with Crippen LogP contribution >= 0.6 is 0 Å². The molecular weight excluding hydrogens is 204 g/mol. The molecular formula is C17H22. The first-order chi connectivity index (χ1) is 8.04. The average molecular weight is 226 g/mol. The third kappa shape index (κ3) is 1.50. The number of allylic oxidation sites excluding steroid dienone is 8. The molecule has 0 nitrogen and oxygen atoms in total. The number of hydrogen-bond donors (Lipinski definition) is 0. The predicted octanol–water partition coefficient (Wildman–Crippen LogP) is 4.96. The number of hydrogen-bond acceptors (Lipinski definition) is 0. The third-order valence-electron chi connectivity index (χ3n) is 5.06. The van der Waals surface area contributed by atoms with Crippen LogP contribution in [0.1, 0.15) is 46.5 Å². The molecule has 0 spiro atoms. The molecule has 0 amide bonds. The summed E-state index contributed by atoms with van der Waals surface area (Å²) >= 11 is 0. The van der Waals surface area contributed by atoms with Gasteiger partial charge in [-0.05, 0) is 36.7 Å². The molecule has 0 saturated carbocycles. The van der Waals surface area contributed by atoms with E-state index in [0.717, 1.165) is 6.42 Å². The second kappa shape index (κ2) is 3.48. The molecule has 0 bridgehead atoms. The van der Waals surface area contributed by atoms with Crippen LogP contribution in [0.15, 0.2) is 47.1 Å². The second-order valence-corrected chi connectivity index (χ2v) is 6.54. The van der Waals surface area contributed by atoms with E-state index in [1.807, 2.05) is 0 Å². The van der Waals surface area contributed by atoms with Crippen LogP contribution in [0.5, 0.6) is 0 Å². The van der Waals surface area contributed by atoms with Gasteiger partial charge in [-0.1, -0.05) is 62.3 Å². The molecule has 0 saturated heterocycles. The fourth-order valence-electron chi connectivity index (χ4n) is 3.72. The maximum Gasteiger partial charge on any atom is 0.0108 e. The highest BCUT2D eigenvalue weighted by Crippen LogP contribution is 2.56. The molecule has 3 rings (SSSR count). The molecule has 0 heterocycles. The molecule has 0 fully saturated rings. The van der Waals surface area contributed by atoms with E-state index in [4.69, 9.17) is 0 Å². The Labute approximate surface area is 105 Å². The normalized spacial score (nSPS) is 34.2. The standard InChI is InChI=1S/C17H22/c1-16(2)11-12-17(3,13-7-4-5-8-13)15-10-6-9-14(15)16/h4-7,9H,8,10-12H2,1-3H3. The van der Waals surface area contributed by atoms with Gasteiger partial charge in [0.1, 0.15) is 0 Å². The summed E-state index contributed by atoms with van der Waals surface area (Å²) in [5.74, 6) is 0. The first-order valence-electron chi connectivity index (χ1n) is 6.81. The van der Waals surface area contributed by atoms with Gasteiger partial charge in [0.2, 0.25) is 0 Å². The molecule has 1 atom stereocenters. The molecule has 90 valence electrons. The Bertz CT molecular complexity index is 468. The predicted molar refractivity (Wildman–Crippen MR) is 73.7 cm³/mol. The van der Waals surface area contributed by atoms with Crippen LogP contribution in [0.4, 0.5) is 0 Å². The highest BCUT2D eigenvalue weighted by molar-refractivity contribution is 5.49. The van der Waals surface area contributed by atoms with E-state index in [0.29, 0.717) is 10.8 Å². The summed E-state index contributed by atoms with van der Waals surface area (Å²) in [6, 6.07) is 0. The van der Waals surface area contributed by atoms with Crippen LogP contribution < -0.4 is 0 Å². The van der Waals surface area contributed by atoms with E-state index in [1.54, 1.807) is 16.7 Å². The van der Waals surface area contributed by atoms with Gasteiger partial charge < -0.3 is 0 Å². The van der Waals surface area contributed by atoms with Crippen molar-refractivity contribution in [2.75, 3.05) is 0 Å². The first kappa shape index (κ1) is 11.1. The Morgan fingerprint density at radius 3 is 2.53 bits per heavy atom. The SMILES string of the molecule is CC1(C)CCC(C)(C2=CC=CC2)C2=C1C=CC2. The summed E-state index contributed by atoms with van der Waals surface area (Å²) in [7, 11) is 0. The van der Waals surface area contributed by atoms with Crippen molar-refractivity contribution in [2.45, 2.75) is 46.5 Å². The molecule has 17 heavy (non-hydrogen) atoms. The Kier molecular flexibility index (Phi) is 2.26. The highest BCUT2D eigenvalue weighted by atomic mass is 14.5. The largest absolute Gasteiger partial charge is 0.0804 e. The topological polar surface area (TPSA) is 0 Å². The minimum absolute atomic E-state index is 0.331. The van der Waals surface area contributed by atoms with E-state index in [-0.39, 0.29) is 0 Å². The van der Waals surface area contributed by atoms with Gasteiger partial charge in [0.05, 0.1) is 0 Å². The van der Waals surface area contributed by atoms with E-state index in [2.05, 4.69) is 51.2 Å². The van der Waals surface area contributed by atoms with Crippen LogP contribution in [0.25, 0.3) is 0 Å². The monoisotopic (exact) mass is 226 g/mol. The molecule has 3 aliphatic carbocycles. The lowest BCUT2D eigenvalue weighted by Crippen LogP contribution is -2.32. The fourth-order valence-corrected chi connectivity index (χ4v) is 3.72. The van der Waals surface area contributed by atoms with Gasteiger partial charge in [0, 0.05) is 5.41 Å². The number of rotatable bonds is 1. The van der Waals surface area contributed by atoms with Gasteiger partial charge in [-0.2, -0.15) is 0 Å². The van der Waals surface area contributed by atoms with Crippen molar-refractivity contribution in [3.8, 4) is 0 Å². The molecule has 0 N–H and O–H groups in total. The van der Waals surface area contributed by atoms with Crippen molar-refractivity contribution in [1.82, 2.24) is 0 Å². The molecule has 0 aromatic carbocycles. The lowest BCUT2D eigenvalue weighted by atomic mass is 9.60. The zero-order chi connectivity index (χ0) is 12.1. The molecule has 0 heteroatoms. The molecule has 0 radical (unpaired) electrons. The lowest BCUT2D eigenvalue weighted by molar-refractivity contribution is 0.279. The van der Waals surface area contributed by atoms with E-state index >= 15 is 0 Å². The summed E-state index contributed by atoms with van der Waals surface area (Å²) in [4.78, 5) is 0. The van der Waals surface area contributed by atoms with Crippen molar-refractivity contribution in [1.29, 1.82) is 0 Å². The average Bonchev–Trinajstić information content (AvgIpc) is 2.94. The molecule has 3 aliphatic rings. The maximum atomic E-state index is 2.46. The molecule has 0 aliphatic heterocycles. The molecule has 1 unspecified atom stereocenters. The smallest absolute Gasteiger partial charge is 0.0108 e. The van der Waals surface area contributed by atoms with Gasteiger partial charge in [-0.3, -0.25) is 0 Å². The van der Waals surface area contributed by atoms with Crippen molar-refractivity contribution in [3.05, 3.63) is 47.1 Å². The van der Waals surface area contributed by atoms with Crippen molar-refractivity contribution in [3.63, 3.8) is 0 Å². The van der Waals surface area contributed by atoms with Gasteiger partial charge in [-0.25, -0.2) is 0 Å². The van der Waals surface area contributed by atoms with Gasteiger partial charge in [0.15, 0.2) is 0 Å². The summed E-state index contributed by atoms with van der Waals surface area (Å²) in [6.45, 7) is 7.26. The van der Waals surface area contributed by atoms with Crippen molar-refractivity contribution < 1.29 is 0 Å². The van der Waals surface area contributed by atoms with Crippen molar-refractivity contribution in [2.24, 2.45) is 10.8 Å².